The van der Waals surface area contributed by atoms with Crippen molar-refractivity contribution in [2.45, 2.75) is 33.1 Å². The van der Waals surface area contributed by atoms with Crippen molar-refractivity contribution in [3.05, 3.63) is 5.53 Å². The smallest absolute Gasteiger partial charge is 0.441 e. The Hall–Kier alpha value is -1.000. The first-order chi connectivity index (χ1) is 8.06. The maximum Gasteiger partial charge on any atom is 0.441 e. The zero-order valence-corrected chi connectivity index (χ0v) is 11.7. The molecule has 0 aromatic rings. The Morgan fingerprint density at radius 3 is 2.53 bits per heavy atom. The lowest BCUT2D eigenvalue weighted by molar-refractivity contribution is -0.141. The van der Waals surface area contributed by atoms with Crippen LogP contribution in [0.3, 0.4) is 0 Å². The summed E-state index contributed by atoms with van der Waals surface area (Å²) in [6.07, 6.45) is 1.80. The zero-order chi connectivity index (χ0) is 13.3. The molecule has 0 fully saturated rings. The van der Waals surface area contributed by atoms with Crippen molar-refractivity contribution >= 4 is 33.4 Å². The number of alkyl halides is 1. The van der Waals surface area contributed by atoms with Crippen LogP contribution in [0.1, 0.15) is 33.1 Å². The number of nitrogens with zero attached hydrogens (tertiary/aromatic N) is 2. The Bertz CT molecular complexity index is 325. The number of hydrogen-bond donors (Lipinski definition) is 0. The van der Waals surface area contributed by atoms with Crippen LogP contribution < -0.4 is 0 Å². The van der Waals surface area contributed by atoms with Crippen molar-refractivity contribution in [3.63, 3.8) is 0 Å². The molecule has 0 heterocycles. The van der Waals surface area contributed by atoms with Crippen molar-refractivity contribution in [3.8, 4) is 0 Å². The van der Waals surface area contributed by atoms with E-state index in [1.54, 1.807) is 6.92 Å². The number of carbonyl (C=O) groups excluding carboxylic acids is 2. The largest absolute Gasteiger partial charge is 0.457 e. The fourth-order valence-electron chi connectivity index (χ4n) is 1.24. The van der Waals surface area contributed by atoms with Crippen LogP contribution in [0.4, 0.5) is 0 Å². The quantitative estimate of drug-likeness (QED) is 0.172. The molecule has 0 saturated carbocycles. The molecule has 96 valence electrons. The molecular formula is C11H17BrN2O3. The average molecular weight is 305 g/mol. The van der Waals surface area contributed by atoms with Crippen LogP contribution in [0.5, 0.6) is 0 Å². The molecule has 0 aliphatic heterocycles. The van der Waals surface area contributed by atoms with Crippen LogP contribution in [0.15, 0.2) is 0 Å². The fourth-order valence-corrected chi connectivity index (χ4v) is 2.02. The fraction of sp³-hybridized carbons (Fsp3) is 0.727. The summed E-state index contributed by atoms with van der Waals surface area (Å²) in [5.74, 6) is -0.971. The molecule has 0 unspecified atom stereocenters. The average Bonchev–Trinajstić information content (AvgIpc) is 2.28. The van der Waals surface area contributed by atoms with Gasteiger partial charge in [0.1, 0.15) is 0 Å². The van der Waals surface area contributed by atoms with Crippen LogP contribution >= 0.6 is 15.9 Å². The maximum absolute atomic E-state index is 11.6. The third-order valence-corrected chi connectivity index (χ3v) is 2.76. The van der Waals surface area contributed by atoms with E-state index in [-0.39, 0.29) is 13.0 Å². The van der Waals surface area contributed by atoms with Gasteiger partial charge in [-0.25, -0.2) is 4.79 Å². The van der Waals surface area contributed by atoms with Gasteiger partial charge in [0, 0.05) is 11.8 Å². The predicted octanol–water partition coefficient (Wildman–Crippen LogP) is 1.99. The topological polar surface area (TPSA) is 79.8 Å². The number of Topliss-reactive ketones (excluding diaryl/α,β-unsaturated/α-hetero) is 1. The Labute approximate surface area is 109 Å². The summed E-state index contributed by atoms with van der Waals surface area (Å²) in [6.45, 7) is 3.79. The van der Waals surface area contributed by atoms with Crippen LogP contribution in [0.2, 0.25) is 0 Å². The Balaban J connectivity index is 4.29. The molecule has 5 nitrogen and oxygen atoms in total. The molecule has 0 aliphatic carbocycles. The van der Waals surface area contributed by atoms with E-state index in [0.29, 0.717) is 12.3 Å². The van der Waals surface area contributed by atoms with Gasteiger partial charge in [-0.05, 0) is 25.7 Å². The summed E-state index contributed by atoms with van der Waals surface area (Å²) in [7, 11) is 0. The second-order valence-corrected chi connectivity index (χ2v) is 4.51. The Morgan fingerprint density at radius 1 is 1.41 bits per heavy atom. The monoisotopic (exact) mass is 304 g/mol. The van der Waals surface area contributed by atoms with E-state index in [4.69, 9.17) is 5.53 Å². The standard InChI is InChI=1S/C11H17BrN2O3/c1-3-17-11(16)10(14-13)9(15)5-4-8(2)6-7-12/h8H,3-7H2,1-2H3/t8-/m0/s1. The number of rotatable bonds is 8. The highest BCUT2D eigenvalue weighted by Crippen LogP contribution is 2.12. The third kappa shape index (κ3) is 6.34. The number of ketones is 1. The lowest BCUT2D eigenvalue weighted by Crippen LogP contribution is -2.27. The molecule has 0 amide bonds. The highest BCUT2D eigenvalue weighted by Gasteiger charge is 2.30. The van der Waals surface area contributed by atoms with Gasteiger partial charge in [-0.1, -0.05) is 22.9 Å². The molecule has 0 radical (unpaired) electrons. The molecule has 0 saturated heterocycles. The van der Waals surface area contributed by atoms with Gasteiger partial charge in [0.15, 0.2) is 0 Å². The molecule has 6 heteroatoms. The van der Waals surface area contributed by atoms with Gasteiger partial charge in [0.2, 0.25) is 0 Å². The highest BCUT2D eigenvalue weighted by molar-refractivity contribution is 9.09. The van der Waals surface area contributed by atoms with Crippen molar-refractivity contribution in [2.24, 2.45) is 5.92 Å². The van der Waals surface area contributed by atoms with E-state index in [9.17, 15) is 9.59 Å². The number of ether oxygens (including phenoxy) is 1. The van der Waals surface area contributed by atoms with Gasteiger partial charge < -0.3 is 10.3 Å². The van der Waals surface area contributed by atoms with E-state index in [2.05, 4.69) is 25.5 Å². The number of hydrogen-bond acceptors (Lipinski definition) is 3. The Morgan fingerprint density at radius 2 is 2.06 bits per heavy atom. The van der Waals surface area contributed by atoms with Crippen molar-refractivity contribution in [1.82, 2.24) is 0 Å². The van der Waals surface area contributed by atoms with E-state index < -0.39 is 17.5 Å². The normalized spacial score (nSPS) is 11.5. The molecule has 0 N–H and O–H groups in total. The predicted molar refractivity (Wildman–Crippen MR) is 67.1 cm³/mol. The molecule has 0 spiro atoms. The van der Waals surface area contributed by atoms with Gasteiger partial charge >= 0.3 is 11.7 Å². The second kappa shape index (κ2) is 9.07. The van der Waals surface area contributed by atoms with Crippen LogP contribution in [0.25, 0.3) is 5.53 Å². The van der Waals surface area contributed by atoms with Gasteiger partial charge in [0.25, 0.3) is 5.78 Å². The van der Waals surface area contributed by atoms with Gasteiger partial charge in [0.05, 0.1) is 6.61 Å². The maximum atomic E-state index is 11.6. The third-order valence-electron chi connectivity index (χ3n) is 2.30. The molecule has 0 aromatic carbocycles. The first kappa shape index (κ1) is 16.0. The number of esters is 1. The number of halogens is 1. The van der Waals surface area contributed by atoms with Crippen molar-refractivity contribution < 1.29 is 19.1 Å². The highest BCUT2D eigenvalue weighted by atomic mass is 79.9. The van der Waals surface area contributed by atoms with Gasteiger partial charge in [-0.3, -0.25) is 4.79 Å². The van der Waals surface area contributed by atoms with E-state index >= 15 is 0 Å². The minimum Gasteiger partial charge on any atom is -0.457 e. The first-order valence-electron chi connectivity index (χ1n) is 5.55. The van der Waals surface area contributed by atoms with Crippen LogP contribution in [0, 0.1) is 5.92 Å². The van der Waals surface area contributed by atoms with E-state index in [1.807, 2.05) is 6.92 Å². The van der Waals surface area contributed by atoms with Gasteiger partial charge in [-0.2, -0.15) is 4.79 Å². The summed E-state index contributed by atoms with van der Waals surface area (Å²) >= 11 is 3.32. The molecule has 0 aromatic heterocycles. The molecular weight excluding hydrogens is 288 g/mol. The van der Waals surface area contributed by atoms with Crippen molar-refractivity contribution in [2.75, 3.05) is 11.9 Å². The lowest BCUT2D eigenvalue weighted by atomic mass is 9.99. The van der Waals surface area contributed by atoms with Crippen LogP contribution in [-0.4, -0.2) is 34.2 Å². The van der Waals surface area contributed by atoms with Crippen molar-refractivity contribution in [1.29, 1.82) is 0 Å². The molecule has 17 heavy (non-hydrogen) atoms. The summed E-state index contributed by atoms with van der Waals surface area (Å²) in [6, 6.07) is 0. The summed E-state index contributed by atoms with van der Waals surface area (Å²) in [4.78, 5) is 25.6. The first-order valence-corrected chi connectivity index (χ1v) is 6.67. The summed E-state index contributed by atoms with van der Waals surface area (Å²) < 4.78 is 4.61. The minimum atomic E-state index is -0.867. The summed E-state index contributed by atoms with van der Waals surface area (Å²) in [5, 5.41) is 0.876. The molecule has 0 aliphatic rings. The van der Waals surface area contributed by atoms with Crippen LogP contribution in [-0.2, 0) is 14.3 Å². The molecule has 1 atom stereocenters. The summed E-state index contributed by atoms with van der Waals surface area (Å²) in [5.41, 5.74) is 8.11. The second-order valence-electron chi connectivity index (χ2n) is 3.71. The zero-order valence-electron chi connectivity index (χ0n) is 10.1. The van der Waals surface area contributed by atoms with E-state index in [0.717, 1.165) is 11.8 Å². The number of carbonyl (C=O) groups is 2. The molecule has 0 bridgehead atoms. The Kier molecular flexibility index (Phi) is 8.54. The lowest BCUT2D eigenvalue weighted by Gasteiger charge is -2.06. The van der Waals surface area contributed by atoms with E-state index in [1.165, 1.54) is 0 Å². The SMILES string of the molecule is CCOC(=O)C(=[N+]=[N-])C(=O)CC[C@H](C)CCBr. The molecule has 0 rings (SSSR count). The van der Waals surface area contributed by atoms with Gasteiger partial charge in [-0.15, -0.1) is 0 Å². The minimum absolute atomic E-state index is 0.144.